The SMILES string of the molecule is c1ccc(-c2nc(-c3ccccc3)nc(-c3cccc4oc5c(-c6cccc7c6ccc6ccc8ccccc8c67)cccc5c34)n2)cc1. The molecule has 0 aliphatic heterocycles. The van der Waals surface area contributed by atoms with Crippen LogP contribution in [0, 0.1) is 0 Å². The van der Waals surface area contributed by atoms with E-state index in [9.17, 15) is 0 Å². The molecule has 0 unspecified atom stereocenters. The molecule has 2 heterocycles. The van der Waals surface area contributed by atoms with Gasteiger partial charge in [-0.3, -0.25) is 0 Å². The highest BCUT2D eigenvalue weighted by atomic mass is 16.3. The van der Waals surface area contributed by atoms with E-state index in [0.717, 1.165) is 49.8 Å². The van der Waals surface area contributed by atoms with Crippen LogP contribution in [0.3, 0.4) is 0 Å². The average Bonchev–Trinajstić information content (AvgIpc) is 3.57. The number of hydrogen-bond donors (Lipinski definition) is 0. The zero-order valence-electron chi connectivity index (χ0n) is 26.3. The van der Waals surface area contributed by atoms with Crippen LogP contribution in [0.2, 0.25) is 0 Å². The number of hydrogen-bond acceptors (Lipinski definition) is 4. The molecule has 228 valence electrons. The Kier molecular flexibility index (Phi) is 6.15. The second kappa shape index (κ2) is 11.0. The van der Waals surface area contributed by atoms with Crippen molar-refractivity contribution in [1.82, 2.24) is 15.0 Å². The first-order valence-electron chi connectivity index (χ1n) is 16.5. The molecule has 0 N–H and O–H groups in total. The maximum atomic E-state index is 6.77. The lowest BCUT2D eigenvalue weighted by atomic mass is 9.91. The van der Waals surface area contributed by atoms with Crippen molar-refractivity contribution in [3.63, 3.8) is 0 Å². The van der Waals surface area contributed by atoms with Crippen LogP contribution in [0.4, 0.5) is 0 Å². The minimum Gasteiger partial charge on any atom is -0.455 e. The van der Waals surface area contributed by atoms with Gasteiger partial charge < -0.3 is 4.42 Å². The summed E-state index contributed by atoms with van der Waals surface area (Å²) in [5.41, 5.74) is 6.60. The first-order valence-corrected chi connectivity index (χ1v) is 16.5. The Morgan fingerprint density at radius 2 is 0.898 bits per heavy atom. The molecule has 0 atom stereocenters. The van der Waals surface area contributed by atoms with Gasteiger partial charge in [0.05, 0.1) is 0 Å². The fourth-order valence-electron chi connectivity index (χ4n) is 7.27. The third kappa shape index (κ3) is 4.42. The van der Waals surface area contributed by atoms with Gasteiger partial charge in [0, 0.05) is 33.0 Å². The van der Waals surface area contributed by atoms with Crippen LogP contribution >= 0.6 is 0 Å². The molecule has 10 aromatic rings. The van der Waals surface area contributed by atoms with E-state index in [1.54, 1.807) is 0 Å². The van der Waals surface area contributed by atoms with Crippen LogP contribution in [0.5, 0.6) is 0 Å². The van der Waals surface area contributed by atoms with Gasteiger partial charge in [-0.15, -0.1) is 0 Å². The molecule has 0 radical (unpaired) electrons. The van der Waals surface area contributed by atoms with Crippen LogP contribution < -0.4 is 0 Å². The maximum Gasteiger partial charge on any atom is 0.164 e. The lowest BCUT2D eigenvalue weighted by molar-refractivity contribution is 0.670. The van der Waals surface area contributed by atoms with Crippen LogP contribution in [0.1, 0.15) is 0 Å². The lowest BCUT2D eigenvalue weighted by Gasteiger charge is -2.12. The number of nitrogens with zero attached hydrogens (tertiary/aromatic N) is 3. The molecule has 4 nitrogen and oxygen atoms in total. The zero-order valence-corrected chi connectivity index (χ0v) is 26.3. The van der Waals surface area contributed by atoms with Gasteiger partial charge in [-0.25, -0.2) is 15.0 Å². The van der Waals surface area contributed by atoms with Crippen molar-refractivity contribution in [1.29, 1.82) is 0 Å². The molecule has 0 aliphatic rings. The molecule has 0 amide bonds. The van der Waals surface area contributed by atoms with Gasteiger partial charge >= 0.3 is 0 Å². The summed E-state index contributed by atoms with van der Waals surface area (Å²) in [5, 5.41) is 9.44. The summed E-state index contributed by atoms with van der Waals surface area (Å²) in [7, 11) is 0. The van der Waals surface area contributed by atoms with Gasteiger partial charge in [-0.2, -0.15) is 0 Å². The third-order valence-corrected chi connectivity index (χ3v) is 9.52. The van der Waals surface area contributed by atoms with Gasteiger partial charge in [-0.1, -0.05) is 158 Å². The van der Waals surface area contributed by atoms with E-state index in [0.29, 0.717) is 17.5 Å². The molecular formula is C45H27N3O. The van der Waals surface area contributed by atoms with Gasteiger partial charge in [0.1, 0.15) is 11.2 Å². The van der Waals surface area contributed by atoms with E-state index < -0.39 is 0 Å². The second-order valence-electron chi connectivity index (χ2n) is 12.4. The first kappa shape index (κ1) is 27.5. The van der Waals surface area contributed by atoms with Crippen molar-refractivity contribution in [2.45, 2.75) is 0 Å². The van der Waals surface area contributed by atoms with E-state index in [4.69, 9.17) is 19.4 Å². The Hall–Kier alpha value is -6.65. The smallest absolute Gasteiger partial charge is 0.164 e. The number of furan rings is 1. The number of para-hydroxylation sites is 1. The average molecular weight is 626 g/mol. The minimum absolute atomic E-state index is 0.606. The Morgan fingerprint density at radius 1 is 0.327 bits per heavy atom. The minimum atomic E-state index is 0.606. The number of rotatable bonds is 4. The topological polar surface area (TPSA) is 51.8 Å². The summed E-state index contributed by atoms with van der Waals surface area (Å²) in [6.07, 6.45) is 0. The van der Waals surface area contributed by atoms with Crippen molar-refractivity contribution >= 4 is 54.3 Å². The van der Waals surface area contributed by atoms with Crippen molar-refractivity contribution in [2.24, 2.45) is 0 Å². The molecular weight excluding hydrogens is 599 g/mol. The molecule has 0 aliphatic carbocycles. The summed E-state index contributed by atoms with van der Waals surface area (Å²) in [6.45, 7) is 0. The summed E-state index contributed by atoms with van der Waals surface area (Å²) < 4.78 is 6.77. The number of benzene rings is 8. The van der Waals surface area contributed by atoms with E-state index in [-0.39, 0.29) is 0 Å². The zero-order chi connectivity index (χ0) is 32.3. The normalized spacial score (nSPS) is 11.7. The fourth-order valence-corrected chi connectivity index (χ4v) is 7.27. The molecule has 0 spiro atoms. The highest BCUT2D eigenvalue weighted by Gasteiger charge is 2.20. The molecule has 0 fully saturated rings. The molecule has 49 heavy (non-hydrogen) atoms. The number of aromatic nitrogens is 3. The standard InChI is InChI=1S/C45H27N3O/c1-3-13-30(14-4-1)43-46-44(31-15-5-2-6-16-31)48-45(47-43)38-22-11-23-39-41(38)37-21-10-20-36(42(37)49-39)33-18-9-19-35-34(33)27-26-29-25-24-28-12-7-8-17-32(28)40(29)35/h1-27H. The largest absolute Gasteiger partial charge is 0.455 e. The Bertz CT molecular complexity index is 2820. The van der Waals surface area contributed by atoms with Gasteiger partial charge in [0.25, 0.3) is 0 Å². The van der Waals surface area contributed by atoms with Crippen molar-refractivity contribution < 1.29 is 4.42 Å². The molecule has 10 rings (SSSR count). The Morgan fingerprint density at radius 3 is 1.67 bits per heavy atom. The Balaban J connectivity index is 1.21. The quantitative estimate of drug-likeness (QED) is 0.183. The monoisotopic (exact) mass is 625 g/mol. The lowest BCUT2D eigenvalue weighted by Crippen LogP contribution is -2.00. The maximum absolute atomic E-state index is 6.77. The van der Waals surface area contributed by atoms with Crippen LogP contribution in [-0.2, 0) is 0 Å². The molecule has 2 aromatic heterocycles. The Labute approximate surface area is 282 Å². The predicted octanol–water partition coefficient (Wildman–Crippen LogP) is 11.9. The van der Waals surface area contributed by atoms with E-state index in [2.05, 4.69) is 91.0 Å². The molecule has 4 heteroatoms. The van der Waals surface area contributed by atoms with Crippen molar-refractivity contribution in [3.8, 4) is 45.3 Å². The predicted molar refractivity (Wildman–Crippen MR) is 201 cm³/mol. The van der Waals surface area contributed by atoms with Gasteiger partial charge in [0.2, 0.25) is 0 Å². The molecule has 0 saturated carbocycles. The van der Waals surface area contributed by atoms with E-state index in [1.807, 2.05) is 72.8 Å². The fraction of sp³-hybridized carbons (Fsp3) is 0. The van der Waals surface area contributed by atoms with Crippen LogP contribution in [0.25, 0.3) is 99.5 Å². The molecule has 8 aromatic carbocycles. The highest BCUT2D eigenvalue weighted by Crippen LogP contribution is 2.43. The molecule has 0 saturated heterocycles. The summed E-state index contributed by atoms with van der Waals surface area (Å²) >= 11 is 0. The number of fused-ring (bicyclic) bond motifs is 8. The van der Waals surface area contributed by atoms with Crippen molar-refractivity contribution in [2.75, 3.05) is 0 Å². The van der Waals surface area contributed by atoms with E-state index in [1.165, 1.54) is 32.3 Å². The third-order valence-electron chi connectivity index (χ3n) is 9.52. The summed E-state index contributed by atoms with van der Waals surface area (Å²) in [4.78, 5) is 15.0. The first-order chi connectivity index (χ1) is 24.3. The van der Waals surface area contributed by atoms with Crippen LogP contribution in [0.15, 0.2) is 168 Å². The van der Waals surface area contributed by atoms with Gasteiger partial charge in [-0.05, 0) is 43.9 Å². The van der Waals surface area contributed by atoms with Crippen LogP contribution in [-0.4, -0.2) is 15.0 Å². The van der Waals surface area contributed by atoms with E-state index >= 15 is 0 Å². The van der Waals surface area contributed by atoms with Gasteiger partial charge in [0.15, 0.2) is 17.5 Å². The second-order valence-corrected chi connectivity index (χ2v) is 12.4. The van der Waals surface area contributed by atoms with Crippen molar-refractivity contribution in [3.05, 3.63) is 164 Å². The molecule has 0 bridgehead atoms. The highest BCUT2D eigenvalue weighted by molar-refractivity contribution is 6.23. The summed E-state index contributed by atoms with van der Waals surface area (Å²) in [6, 6.07) is 56.8. The summed E-state index contributed by atoms with van der Waals surface area (Å²) in [5.74, 6) is 1.87.